The fourth-order valence-corrected chi connectivity index (χ4v) is 6.10. The van der Waals surface area contributed by atoms with Gasteiger partial charge >= 0.3 is 0 Å². The van der Waals surface area contributed by atoms with Crippen LogP contribution >= 0.6 is 34.8 Å². The number of nitrogens with zero attached hydrogens (tertiary/aromatic N) is 1. The largest absolute Gasteiger partial charge is 0.334 e. The van der Waals surface area contributed by atoms with Gasteiger partial charge in [-0.25, -0.2) is 8.42 Å². The first-order valence-electron chi connectivity index (χ1n) is 8.79. The van der Waals surface area contributed by atoms with Crippen molar-refractivity contribution in [2.24, 2.45) is 17.3 Å². The van der Waals surface area contributed by atoms with Crippen LogP contribution in [0.4, 0.5) is 0 Å². The van der Waals surface area contributed by atoms with Crippen molar-refractivity contribution in [3.63, 3.8) is 0 Å². The maximum absolute atomic E-state index is 13.4. The third kappa shape index (κ3) is 4.64. The molecule has 27 heavy (non-hydrogen) atoms. The minimum atomic E-state index is -3.11. The summed E-state index contributed by atoms with van der Waals surface area (Å²) < 4.78 is 24.1. The molecule has 1 amide bonds. The molecule has 0 bridgehead atoms. The third-order valence-corrected chi connectivity index (χ3v) is 7.94. The van der Waals surface area contributed by atoms with Crippen LogP contribution in [-0.4, -0.2) is 36.8 Å². The molecule has 3 atom stereocenters. The Balaban J connectivity index is 1.86. The summed E-state index contributed by atoms with van der Waals surface area (Å²) in [5, 5.41) is 0.616. The van der Waals surface area contributed by atoms with Gasteiger partial charge in [0.1, 0.15) is 4.49 Å². The van der Waals surface area contributed by atoms with E-state index < -0.39 is 9.84 Å². The molecule has 1 saturated carbocycles. The van der Waals surface area contributed by atoms with E-state index in [0.29, 0.717) is 18.0 Å². The molecule has 3 rings (SSSR count). The van der Waals surface area contributed by atoms with Gasteiger partial charge in [0.15, 0.2) is 9.84 Å². The number of benzene rings is 1. The normalized spacial score (nSPS) is 27.8. The SMILES string of the molecule is CC1(C)[C@@H](C=C(Cl)Cl)[C@@H]1C(=O)N(Cc1ccc(Cl)cc1)[C@@H]1CCS(=O)(=O)C1. The predicted molar refractivity (Wildman–Crippen MR) is 110 cm³/mol. The second-order valence-electron chi connectivity index (χ2n) is 7.93. The average Bonchev–Trinajstić information content (AvgIpc) is 2.90. The number of halogens is 3. The highest BCUT2D eigenvalue weighted by atomic mass is 35.5. The van der Waals surface area contributed by atoms with Crippen LogP contribution in [-0.2, 0) is 21.2 Å². The Morgan fingerprint density at radius 2 is 1.89 bits per heavy atom. The summed E-state index contributed by atoms with van der Waals surface area (Å²) >= 11 is 17.6. The summed E-state index contributed by atoms with van der Waals surface area (Å²) in [6, 6.07) is 6.94. The molecule has 0 aromatic heterocycles. The van der Waals surface area contributed by atoms with Gasteiger partial charge in [-0.1, -0.05) is 60.8 Å². The summed E-state index contributed by atoms with van der Waals surface area (Å²) in [7, 11) is -3.11. The van der Waals surface area contributed by atoms with Gasteiger partial charge in [0.05, 0.1) is 17.4 Å². The summed E-state index contributed by atoms with van der Waals surface area (Å²) in [4.78, 5) is 15.1. The topological polar surface area (TPSA) is 54.5 Å². The highest BCUT2D eigenvalue weighted by Gasteiger charge is 2.62. The number of amides is 1. The Kier molecular flexibility index (Phi) is 5.89. The molecule has 8 heteroatoms. The van der Waals surface area contributed by atoms with E-state index in [-0.39, 0.29) is 45.2 Å². The molecule has 2 aliphatic rings. The molecule has 1 aliphatic heterocycles. The molecule has 0 N–H and O–H groups in total. The number of hydrogen-bond acceptors (Lipinski definition) is 3. The van der Waals surface area contributed by atoms with Crippen LogP contribution in [0.15, 0.2) is 34.8 Å². The van der Waals surface area contributed by atoms with E-state index in [2.05, 4.69) is 0 Å². The lowest BCUT2D eigenvalue weighted by Crippen LogP contribution is -2.42. The molecule has 148 valence electrons. The maximum Gasteiger partial charge on any atom is 0.227 e. The van der Waals surface area contributed by atoms with Crippen molar-refractivity contribution in [2.75, 3.05) is 11.5 Å². The van der Waals surface area contributed by atoms with Crippen molar-refractivity contribution in [1.29, 1.82) is 0 Å². The van der Waals surface area contributed by atoms with Gasteiger partial charge in [-0.3, -0.25) is 4.79 Å². The highest BCUT2D eigenvalue weighted by molar-refractivity contribution is 7.91. The lowest BCUT2D eigenvalue weighted by Gasteiger charge is -2.29. The average molecular weight is 451 g/mol. The minimum Gasteiger partial charge on any atom is -0.334 e. The Bertz CT molecular complexity index is 861. The van der Waals surface area contributed by atoms with Crippen molar-refractivity contribution < 1.29 is 13.2 Å². The second-order valence-corrected chi connectivity index (χ2v) is 11.6. The Morgan fingerprint density at radius 1 is 1.26 bits per heavy atom. The molecule has 0 spiro atoms. The van der Waals surface area contributed by atoms with E-state index in [1.807, 2.05) is 26.0 Å². The Labute approximate surface area is 175 Å². The number of rotatable bonds is 5. The number of hydrogen-bond donors (Lipinski definition) is 0. The third-order valence-electron chi connectivity index (χ3n) is 5.68. The van der Waals surface area contributed by atoms with Gasteiger partial charge in [-0.2, -0.15) is 0 Å². The van der Waals surface area contributed by atoms with Crippen LogP contribution in [0.5, 0.6) is 0 Å². The van der Waals surface area contributed by atoms with Gasteiger partial charge in [0.2, 0.25) is 5.91 Å². The van der Waals surface area contributed by atoms with Crippen molar-refractivity contribution in [3.05, 3.63) is 45.4 Å². The molecule has 1 aromatic carbocycles. The fraction of sp³-hybridized carbons (Fsp3) is 0.526. The van der Waals surface area contributed by atoms with Gasteiger partial charge in [-0.05, 0) is 41.5 Å². The predicted octanol–water partition coefficient (Wildman–Crippen LogP) is 4.45. The number of carbonyl (C=O) groups is 1. The van der Waals surface area contributed by atoms with E-state index in [0.717, 1.165) is 5.56 Å². The summed E-state index contributed by atoms with van der Waals surface area (Å²) in [5.41, 5.74) is 0.653. The van der Waals surface area contributed by atoms with E-state index in [9.17, 15) is 13.2 Å². The first kappa shape index (κ1) is 21.0. The maximum atomic E-state index is 13.4. The molecule has 0 radical (unpaired) electrons. The van der Waals surface area contributed by atoms with E-state index >= 15 is 0 Å². The summed E-state index contributed by atoms with van der Waals surface area (Å²) in [6.45, 7) is 4.35. The van der Waals surface area contributed by atoms with Crippen molar-refractivity contribution in [3.8, 4) is 0 Å². The smallest absolute Gasteiger partial charge is 0.227 e. The molecule has 1 aliphatic carbocycles. The van der Waals surface area contributed by atoms with Crippen LogP contribution in [0.1, 0.15) is 25.8 Å². The fourth-order valence-electron chi connectivity index (χ4n) is 3.97. The lowest BCUT2D eigenvalue weighted by atomic mass is 10.1. The van der Waals surface area contributed by atoms with Gasteiger partial charge in [-0.15, -0.1) is 0 Å². The molecule has 1 heterocycles. The monoisotopic (exact) mass is 449 g/mol. The zero-order valence-electron chi connectivity index (χ0n) is 15.2. The van der Waals surface area contributed by atoms with Gasteiger partial charge in [0, 0.05) is 17.6 Å². The van der Waals surface area contributed by atoms with Crippen LogP contribution in [0.3, 0.4) is 0 Å². The van der Waals surface area contributed by atoms with Gasteiger partial charge in [0.25, 0.3) is 0 Å². The molecule has 1 aromatic rings. The standard InChI is InChI=1S/C19H22Cl3NO3S/c1-19(2)15(9-16(21)22)17(19)18(24)23(14-7-8-27(25,26)11-14)10-12-3-5-13(20)6-4-12/h3-6,9,14-15,17H,7-8,10-11H2,1-2H3/t14-,15+,17-/m1/s1. The quantitative estimate of drug-likeness (QED) is 0.666. The molecular formula is C19H22Cl3NO3S. The van der Waals surface area contributed by atoms with E-state index in [1.54, 1.807) is 23.1 Å². The zero-order valence-corrected chi connectivity index (χ0v) is 18.2. The lowest BCUT2D eigenvalue weighted by molar-refractivity contribution is -0.136. The van der Waals surface area contributed by atoms with Crippen LogP contribution < -0.4 is 0 Å². The molecule has 4 nitrogen and oxygen atoms in total. The summed E-state index contributed by atoms with van der Waals surface area (Å²) in [6.07, 6.45) is 2.17. The first-order valence-corrected chi connectivity index (χ1v) is 11.7. The van der Waals surface area contributed by atoms with E-state index in [1.165, 1.54) is 0 Å². The molecule has 2 fully saturated rings. The van der Waals surface area contributed by atoms with Crippen molar-refractivity contribution in [1.82, 2.24) is 4.90 Å². The van der Waals surface area contributed by atoms with Crippen molar-refractivity contribution in [2.45, 2.75) is 32.9 Å². The zero-order chi connectivity index (χ0) is 20.0. The highest BCUT2D eigenvalue weighted by Crippen LogP contribution is 2.60. The summed E-state index contributed by atoms with van der Waals surface area (Å²) in [5.74, 6) is -0.238. The van der Waals surface area contributed by atoms with Gasteiger partial charge < -0.3 is 4.90 Å². The number of carbonyl (C=O) groups excluding carboxylic acids is 1. The van der Waals surface area contributed by atoms with Crippen LogP contribution in [0, 0.1) is 17.3 Å². The Hall–Kier alpha value is -0.750. The number of allylic oxidation sites excluding steroid dienone is 1. The Morgan fingerprint density at radius 3 is 2.41 bits per heavy atom. The van der Waals surface area contributed by atoms with E-state index in [4.69, 9.17) is 34.8 Å². The first-order chi connectivity index (χ1) is 12.5. The second kappa shape index (κ2) is 7.58. The minimum absolute atomic E-state index is 0.0102. The van der Waals surface area contributed by atoms with Crippen LogP contribution in [0.25, 0.3) is 0 Å². The number of sulfone groups is 1. The van der Waals surface area contributed by atoms with Crippen LogP contribution in [0.2, 0.25) is 5.02 Å². The molecular weight excluding hydrogens is 429 g/mol. The van der Waals surface area contributed by atoms with Crippen molar-refractivity contribution >= 4 is 50.5 Å². The molecule has 0 unspecified atom stereocenters. The molecule has 1 saturated heterocycles.